The number of phenols is 1. The number of aromatic hydroxyl groups is 1. The minimum Gasteiger partial charge on any atom is -0.507 e. The fourth-order valence-corrected chi connectivity index (χ4v) is 8.71. The second kappa shape index (κ2) is 9.67. The summed E-state index contributed by atoms with van der Waals surface area (Å²) in [6.07, 6.45) is 0.871. The van der Waals surface area contributed by atoms with Gasteiger partial charge >= 0.3 is 0 Å². The van der Waals surface area contributed by atoms with Crippen LogP contribution < -0.4 is 0 Å². The molecule has 7 heteroatoms. The zero-order chi connectivity index (χ0) is 32.1. The van der Waals surface area contributed by atoms with Gasteiger partial charge in [0.2, 0.25) is 0 Å². The van der Waals surface area contributed by atoms with Crippen molar-refractivity contribution in [3.05, 3.63) is 28.3 Å². The quantitative estimate of drug-likeness (QED) is 0.459. The lowest BCUT2D eigenvalue weighted by molar-refractivity contribution is -0.205. The maximum Gasteiger partial charge on any atom is 0.190 e. The number of Topliss-reactive ketones (excluding diaryl/α,β-unsaturated/α-hetero) is 5. The summed E-state index contributed by atoms with van der Waals surface area (Å²) in [5.74, 6) is -8.49. The van der Waals surface area contributed by atoms with E-state index in [0.29, 0.717) is 17.5 Å². The molecule has 6 atom stereocenters. The molecule has 3 aliphatic rings. The fraction of sp³-hybridized carbons (Fsp3) is 0.686. The molecule has 0 bridgehead atoms. The van der Waals surface area contributed by atoms with E-state index in [4.69, 9.17) is 0 Å². The fourth-order valence-electron chi connectivity index (χ4n) is 8.71. The van der Waals surface area contributed by atoms with E-state index in [1.807, 2.05) is 61.5 Å². The van der Waals surface area contributed by atoms with Crippen molar-refractivity contribution in [2.45, 2.75) is 113 Å². The molecule has 230 valence electrons. The number of phenolic OH excluding ortho intramolecular Hbond substituents is 1. The van der Waals surface area contributed by atoms with Crippen LogP contribution in [0.2, 0.25) is 0 Å². The second-order valence-corrected chi connectivity index (χ2v) is 16.3. The van der Waals surface area contributed by atoms with Gasteiger partial charge in [-0.1, -0.05) is 82.2 Å². The predicted molar refractivity (Wildman–Crippen MR) is 159 cm³/mol. The van der Waals surface area contributed by atoms with E-state index >= 15 is 0 Å². The molecule has 2 N–H and O–H groups in total. The number of aryl methyl sites for hydroxylation is 1. The van der Waals surface area contributed by atoms with Crippen molar-refractivity contribution in [1.82, 2.24) is 0 Å². The predicted octanol–water partition coefficient (Wildman–Crippen LogP) is 5.37. The van der Waals surface area contributed by atoms with Crippen molar-refractivity contribution in [2.24, 2.45) is 39.9 Å². The van der Waals surface area contributed by atoms with Gasteiger partial charge in [0.05, 0.1) is 11.5 Å². The van der Waals surface area contributed by atoms with Gasteiger partial charge in [-0.3, -0.25) is 24.0 Å². The zero-order valence-corrected chi connectivity index (χ0v) is 27.2. The normalized spacial score (nSPS) is 33.4. The van der Waals surface area contributed by atoms with Gasteiger partial charge in [-0.2, -0.15) is 0 Å². The topological polar surface area (TPSA) is 126 Å². The minimum absolute atomic E-state index is 0.0591. The summed E-state index contributed by atoms with van der Waals surface area (Å²) in [5, 5.41) is 23.8. The highest BCUT2D eigenvalue weighted by molar-refractivity contribution is 6.33. The van der Waals surface area contributed by atoms with Crippen LogP contribution in [0.15, 0.2) is 6.07 Å². The number of hydrogen-bond acceptors (Lipinski definition) is 7. The summed E-state index contributed by atoms with van der Waals surface area (Å²) >= 11 is 0. The summed E-state index contributed by atoms with van der Waals surface area (Å²) in [5.41, 5.74) is -3.98. The summed E-state index contributed by atoms with van der Waals surface area (Å²) < 4.78 is 0. The SMILES string of the molecule is CCc1cc(C(C)(C)C)c(O)c2c1C[C@]1(C)C[C@]3(C)C(C(C)C)C(=O)C(C(=O)CC(C)(C)C)C(=O)[C@]3(O)C(=O)C1C2=O. The molecule has 0 spiro atoms. The number of hydrogen-bond donors (Lipinski definition) is 2. The lowest BCUT2D eigenvalue weighted by Crippen LogP contribution is -2.77. The summed E-state index contributed by atoms with van der Waals surface area (Å²) in [4.78, 5) is 70.8. The molecule has 42 heavy (non-hydrogen) atoms. The van der Waals surface area contributed by atoms with Crippen molar-refractivity contribution in [2.75, 3.05) is 0 Å². The molecule has 1 aromatic rings. The Morgan fingerprint density at radius 2 is 1.60 bits per heavy atom. The molecule has 0 heterocycles. The second-order valence-electron chi connectivity index (χ2n) is 16.3. The Balaban J connectivity index is 1.97. The van der Waals surface area contributed by atoms with Crippen LogP contribution in [0, 0.1) is 39.9 Å². The number of aliphatic hydroxyl groups is 1. The van der Waals surface area contributed by atoms with Crippen molar-refractivity contribution < 1.29 is 34.2 Å². The Hall–Kier alpha value is -2.67. The molecule has 2 fully saturated rings. The van der Waals surface area contributed by atoms with Crippen LogP contribution in [-0.4, -0.2) is 44.7 Å². The largest absolute Gasteiger partial charge is 0.507 e. The first-order valence-corrected chi connectivity index (χ1v) is 15.3. The number of ketones is 5. The third-order valence-corrected chi connectivity index (χ3v) is 10.3. The number of carbonyl (C=O) groups is 5. The lowest BCUT2D eigenvalue weighted by Gasteiger charge is -2.62. The first-order chi connectivity index (χ1) is 19.0. The molecular weight excluding hydrogens is 532 g/mol. The molecule has 3 unspecified atom stereocenters. The van der Waals surface area contributed by atoms with Gasteiger partial charge in [0.15, 0.2) is 34.5 Å². The molecule has 0 amide bonds. The summed E-state index contributed by atoms with van der Waals surface area (Å²) in [6, 6.07) is 1.93. The van der Waals surface area contributed by atoms with Crippen LogP contribution in [0.25, 0.3) is 0 Å². The molecule has 0 aliphatic heterocycles. The highest BCUT2D eigenvalue weighted by Crippen LogP contribution is 2.64. The maximum atomic E-state index is 14.6. The van der Waals surface area contributed by atoms with Crippen LogP contribution in [0.1, 0.15) is 116 Å². The van der Waals surface area contributed by atoms with E-state index in [2.05, 4.69) is 0 Å². The molecular formula is C35H48O7. The van der Waals surface area contributed by atoms with Gasteiger partial charge in [-0.15, -0.1) is 0 Å². The average Bonchev–Trinajstić information content (AvgIpc) is 2.79. The van der Waals surface area contributed by atoms with E-state index in [0.717, 1.165) is 5.56 Å². The Morgan fingerprint density at radius 1 is 1.02 bits per heavy atom. The summed E-state index contributed by atoms with van der Waals surface area (Å²) in [6.45, 7) is 20.3. The van der Waals surface area contributed by atoms with Gasteiger partial charge in [0.25, 0.3) is 0 Å². The van der Waals surface area contributed by atoms with Crippen LogP contribution in [-0.2, 0) is 37.4 Å². The van der Waals surface area contributed by atoms with Gasteiger partial charge in [-0.25, -0.2) is 0 Å². The molecule has 2 saturated carbocycles. The van der Waals surface area contributed by atoms with E-state index in [1.54, 1.807) is 20.8 Å². The Bertz CT molecular complexity index is 1400. The van der Waals surface area contributed by atoms with E-state index in [-0.39, 0.29) is 36.5 Å². The lowest BCUT2D eigenvalue weighted by atomic mass is 9.39. The van der Waals surface area contributed by atoms with Crippen LogP contribution in [0.5, 0.6) is 5.75 Å². The number of carbonyl (C=O) groups excluding carboxylic acids is 5. The van der Waals surface area contributed by atoms with Crippen molar-refractivity contribution in [1.29, 1.82) is 0 Å². The van der Waals surface area contributed by atoms with Gasteiger partial charge in [0, 0.05) is 23.3 Å². The maximum absolute atomic E-state index is 14.6. The highest BCUT2D eigenvalue weighted by atomic mass is 16.3. The van der Waals surface area contributed by atoms with Gasteiger partial charge < -0.3 is 10.2 Å². The molecule has 0 aromatic heterocycles. The third-order valence-electron chi connectivity index (χ3n) is 10.3. The van der Waals surface area contributed by atoms with Crippen molar-refractivity contribution in [3.63, 3.8) is 0 Å². The highest BCUT2D eigenvalue weighted by Gasteiger charge is 2.76. The number of rotatable bonds is 4. The Morgan fingerprint density at radius 3 is 2.07 bits per heavy atom. The third kappa shape index (κ3) is 4.36. The first kappa shape index (κ1) is 32.2. The number of benzene rings is 1. The van der Waals surface area contributed by atoms with E-state index in [1.165, 1.54) is 0 Å². The first-order valence-electron chi connectivity index (χ1n) is 15.3. The van der Waals surface area contributed by atoms with Gasteiger partial charge in [-0.05, 0) is 52.6 Å². The zero-order valence-electron chi connectivity index (χ0n) is 27.2. The standard InChI is InChI=1S/C35H48O7/c1-12-18-13-20(32(7,8)9)26(37)22-19(18)14-33(10)16-34(11)24(17(2)3)28(39)23(21(36)15-31(4,5)6)29(40)35(34,42)30(41)25(33)27(22)38/h13,17,23-25,37,42H,12,14-16H2,1-11H3/t23?,24?,25?,33-,34-,35+/m1/s1. The molecule has 1 aromatic carbocycles. The number of fused-ring (bicyclic) bond motifs is 3. The minimum atomic E-state index is -2.70. The molecule has 7 nitrogen and oxygen atoms in total. The Kier molecular flexibility index (Phi) is 7.42. The van der Waals surface area contributed by atoms with Gasteiger partial charge in [0.1, 0.15) is 11.7 Å². The van der Waals surface area contributed by atoms with Crippen molar-refractivity contribution in [3.8, 4) is 5.75 Å². The molecule has 4 rings (SSSR count). The summed E-state index contributed by atoms with van der Waals surface area (Å²) in [7, 11) is 0. The van der Waals surface area contributed by atoms with E-state index < -0.39 is 73.9 Å². The van der Waals surface area contributed by atoms with Crippen LogP contribution >= 0.6 is 0 Å². The molecule has 0 radical (unpaired) electrons. The van der Waals surface area contributed by atoms with E-state index in [9.17, 15) is 34.2 Å². The van der Waals surface area contributed by atoms with Crippen molar-refractivity contribution >= 4 is 28.9 Å². The van der Waals surface area contributed by atoms with Crippen LogP contribution in [0.4, 0.5) is 0 Å². The van der Waals surface area contributed by atoms with Crippen LogP contribution in [0.3, 0.4) is 0 Å². The molecule has 0 saturated heterocycles. The smallest absolute Gasteiger partial charge is 0.190 e. The monoisotopic (exact) mass is 580 g/mol. The molecule has 3 aliphatic carbocycles. The Labute approximate surface area is 249 Å². The average molecular weight is 581 g/mol.